The van der Waals surface area contributed by atoms with Crippen LogP contribution >= 0.6 is 67.8 Å². The molecule has 0 radical (unpaired) electrons. The van der Waals surface area contributed by atoms with E-state index in [9.17, 15) is 9.59 Å². The van der Waals surface area contributed by atoms with Crippen molar-refractivity contribution in [1.82, 2.24) is 0 Å². The van der Waals surface area contributed by atoms with Crippen molar-refractivity contribution in [3.05, 3.63) is 9.28 Å². The van der Waals surface area contributed by atoms with Gasteiger partial charge in [0.15, 0.2) is 12.6 Å². The van der Waals surface area contributed by atoms with E-state index in [1.165, 1.54) is 28.4 Å². The number of allylic oxidation sites excluding steroid dienone is 1. The van der Waals surface area contributed by atoms with Crippen molar-refractivity contribution in [3.8, 4) is 0 Å². The molecule has 0 aliphatic heterocycles. The van der Waals surface area contributed by atoms with Gasteiger partial charge in [0.2, 0.25) is 11.8 Å². The summed E-state index contributed by atoms with van der Waals surface area (Å²) in [6.07, 6.45) is -1.29. The molecule has 4 atom stereocenters. The van der Waals surface area contributed by atoms with Crippen molar-refractivity contribution in [3.63, 3.8) is 0 Å². The Morgan fingerprint density at radius 3 is 1.75 bits per heavy atom. The van der Waals surface area contributed by atoms with E-state index in [4.69, 9.17) is 36.1 Å². The summed E-state index contributed by atoms with van der Waals surface area (Å²) in [5.41, 5.74) is 16.0. The molecule has 0 bridgehead atoms. The van der Waals surface area contributed by atoms with Gasteiger partial charge < -0.3 is 36.1 Å². The standard InChI is InChI=1S/C16H26I3N3O6/c1-25-7(26-2)5-15(13(21)23)10(17)9(20)11(18)16(12(15)19,14(22)24)6-8(27-3)28-4/h7-8,10,12H,5-6,20H2,1-4H3,(H2,21,23)(H2,22,24). The van der Waals surface area contributed by atoms with Crippen LogP contribution in [0.3, 0.4) is 0 Å². The SMILES string of the molecule is COC(CC1(C(N)=O)C(I)=C(N)C(I)C(CC(OC)OC)(C(N)=O)C1I)OC. The largest absolute Gasteiger partial charge is 0.401 e. The Morgan fingerprint density at radius 2 is 1.39 bits per heavy atom. The van der Waals surface area contributed by atoms with Crippen LogP contribution in [0.5, 0.6) is 0 Å². The monoisotopic (exact) mass is 737 g/mol. The fourth-order valence-electron chi connectivity index (χ4n) is 3.47. The minimum Gasteiger partial charge on any atom is -0.401 e. The van der Waals surface area contributed by atoms with Crippen LogP contribution < -0.4 is 17.2 Å². The second-order valence-electron chi connectivity index (χ2n) is 6.44. The van der Waals surface area contributed by atoms with Gasteiger partial charge in [-0.05, 0) is 22.6 Å². The molecule has 162 valence electrons. The first-order valence-corrected chi connectivity index (χ1v) is 11.7. The van der Waals surface area contributed by atoms with E-state index in [-0.39, 0.29) is 12.8 Å². The number of amides is 2. The van der Waals surface area contributed by atoms with Crippen LogP contribution in [0.4, 0.5) is 0 Å². The predicted octanol–water partition coefficient (Wildman–Crippen LogP) is 1.17. The van der Waals surface area contributed by atoms with Crippen LogP contribution in [0.15, 0.2) is 9.28 Å². The molecule has 1 aliphatic carbocycles. The van der Waals surface area contributed by atoms with Gasteiger partial charge in [-0.2, -0.15) is 0 Å². The Hall–Kier alpha value is 0.510. The Bertz CT molecular complexity index is 629. The van der Waals surface area contributed by atoms with E-state index in [0.717, 1.165) is 0 Å². The molecule has 0 saturated heterocycles. The second-order valence-corrected chi connectivity index (χ2v) is 10.0. The van der Waals surface area contributed by atoms with Gasteiger partial charge in [0.1, 0.15) is 0 Å². The minimum absolute atomic E-state index is 0.0743. The van der Waals surface area contributed by atoms with Crippen LogP contribution in [0, 0.1) is 10.8 Å². The molecule has 12 heteroatoms. The third-order valence-electron chi connectivity index (χ3n) is 5.20. The van der Waals surface area contributed by atoms with Crippen molar-refractivity contribution in [2.75, 3.05) is 28.4 Å². The first-order chi connectivity index (χ1) is 13.0. The summed E-state index contributed by atoms with van der Waals surface area (Å²) in [5, 5.41) is 0. The summed E-state index contributed by atoms with van der Waals surface area (Å²) < 4.78 is 20.7. The molecule has 1 rings (SSSR count). The zero-order chi connectivity index (χ0) is 21.9. The number of carbonyl (C=O) groups is 2. The first kappa shape index (κ1) is 26.5. The third-order valence-corrected chi connectivity index (χ3v) is 10.7. The number of hydrogen-bond acceptors (Lipinski definition) is 7. The number of rotatable bonds is 10. The number of hydrogen-bond donors (Lipinski definition) is 3. The number of alkyl halides is 2. The highest BCUT2D eigenvalue weighted by Crippen LogP contribution is 2.60. The van der Waals surface area contributed by atoms with Crippen molar-refractivity contribution >= 4 is 79.6 Å². The summed E-state index contributed by atoms with van der Waals surface area (Å²) in [6, 6.07) is 0. The Kier molecular flexibility index (Phi) is 10.1. The van der Waals surface area contributed by atoms with E-state index < -0.39 is 43.1 Å². The molecule has 0 heterocycles. The molecule has 0 aromatic heterocycles. The van der Waals surface area contributed by atoms with E-state index in [2.05, 4.69) is 45.2 Å². The van der Waals surface area contributed by atoms with Crippen LogP contribution in [0.2, 0.25) is 0 Å². The zero-order valence-electron chi connectivity index (χ0n) is 16.0. The van der Waals surface area contributed by atoms with Crippen LogP contribution in [0.1, 0.15) is 12.8 Å². The van der Waals surface area contributed by atoms with Gasteiger partial charge in [0, 0.05) is 54.5 Å². The quantitative estimate of drug-likeness (QED) is 0.173. The number of halogens is 3. The highest BCUT2D eigenvalue weighted by atomic mass is 127. The summed E-state index contributed by atoms with van der Waals surface area (Å²) >= 11 is 6.17. The van der Waals surface area contributed by atoms with Crippen molar-refractivity contribution in [2.45, 2.75) is 33.3 Å². The molecule has 2 amide bonds. The second kappa shape index (κ2) is 10.7. The third kappa shape index (κ3) is 4.42. The molecule has 1 aliphatic rings. The number of nitrogens with two attached hydrogens (primary N) is 3. The van der Waals surface area contributed by atoms with Gasteiger partial charge in [-0.3, -0.25) is 9.59 Å². The number of primary amides is 2. The normalized spacial score (nSPS) is 30.9. The van der Waals surface area contributed by atoms with Gasteiger partial charge in [-0.15, -0.1) is 0 Å². The summed E-state index contributed by atoms with van der Waals surface area (Å²) in [5.74, 6) is -1.26. The molecule has 6 N–H and O–H groups in total. The molecular formula is C16H26I3N3O6. The molecule has 0 aromatic rings. The molecule has 0 spiro atoms. The molecule has 9 nitrogen and oxygen atoms in total. The van der Waals surface area contributed by atoms with E-state index in [0.29, 0.717) is 9.28 Å². The summed E-state index contributed by atoms with van der Waals surface area (Å²) in [4.78, 5) is 25.7. The average molecular weight is 737 g/mol. The van der Waals surface area contributed by atoms with Crippen LogP contribution in [0.25, 0.3) is 0 Å². The van der Waals surface area contributed by atoms with Gasteiger partial charge in [-0.1, -0.05) is 45.2 Å². The van der Waals surface area contributed by atoms with Gasteiger partial charge >= 0.3 is 0 Å². The number of ether oxygens (including phenoxy) is 4. The fourth-order valence-corrected chi connectivity index (χ4v) is 9.49. The zero-order valence-corrected chi connectivity index (χ0v) is 22.5. The van der Waals surface area contributed by atoms with E-state index >= 15 is 0 Å². The molecule has 0 aromatic carbocycles. The van der Waals surface area contributed by atoms with Gasteiger partial charge in [0.25, 0.3) is 0 Å². The van der Waals surface area contributed by atoms with Crippen LogP contribution in [-0.2, 0) is 28.5 Å². The smallest absolute Gasteiger partial charge is 0.229 e. The van der Waals surface area contributed by atoms with E-state index in [1.807, 2.05) is 22.6 Å². The Morgan fingerprint density at radius 1 is 0.964 bits per heavy atom. The topological polar surface area (TPSA) is 149 Å². The fraction of sp³-hybridized carbons (Fsp3) is 0.750. The van der Waals surface area contributed by atoms with Crippen molar-refractivity contribution < 1.29 is 28.5 Å². The average Bonchev–Trinajstić information content (AvgIpc) is 2.67. The Balaban J connectivity index is 3.78. The predicted molar refractivity (Wildman–Crippen MR) is 129 cm³/mol. The lowest BCUT2D eigenvalue weighted by Gasteiger charge is -2.52. The molecular weight excluding hydrogens is 711 g/mol. The van der Waals surface area contributed by atoms with Crippen molar-refractivity contribution in [1.29, 1.82) is 0 Å². The molecule has 28 heavy (non-hydrogen) atoms. The highest BCUT2D eigenvalue weighted by Gasteiger charge is 2.65. The van der Waals surface area contributed by atoms with Crippen LogP contribution in [-0.4, -0.2) is 60.7 Å². The summed E-state index contributed by atoms with van der Waals surface area (Å²) in [7, 11) is 5.85. The lowest BCUT2D eigenvalue weighted by molar-refractivity contribution is -0.157. The van der Waals surface area contributed by atoms with Gasteiger partial charge in [-0.25, -0.2) is 0 Å². The lowest BCUT2D eigenvalue weighted by atomic mass is 9.60. The minimum atomic E-state index is -1.33. The van der Waals surface area contributed by atoms with Gasteiger partial charge in [0.05, 0.1) is 14.8 Å². The number of methoxy groups -OCH3 is 4. The maximum absolute atomic E-state index is 12.9. The Labute approximate surface area is 205 Å². The van der Waals surface area contributed by atoms with E-state index in [1.54, 1.807) is 0 Å². The maximum atomic E-state index is 12.9. The maximum Gasteiger partial charge on any atom is 0.229 e. The molecule has 4 unspecified atom stereocenters. The molecule has 0 fully saturated rings. The van der Waals surface area contributed by atoms with Crippen molar-refractivity contribution in [2.24, 2.45) is 28.0 Å². The lowest BCUT2D eigenvalue weighted by Crippen LogP contribution is -2.65. The first-order valence-electron chi connectivity index (χ1n) is 8.15. The number of carbonyl (C=O) groups excluding carboxylic acids is 2. The highest BCUT2D eigenvalue weighted by molar-refractivity contribution is 14.1. The summed E-state index contributed by atoms with van der Waals surface area (Å²) in [6.45, 7) is 0. The molecule has 0 saturated carbocycles.